The third-order valence-corrected chi connectivity index (χ3v) is 2.33. The van der Waals surface area contributed by atoms with Gasteiger partial charge in [-0.25, -0.2) is 4.98 Å². The number of hydrogen-bond donors (Lipinski definition) is 0. The highest BCUT2D eigenvalue weighted by Gasteiger charge is 1.99. The van der Waals surface area contributed by atoms with Gasteiger partial charge in [-0.2, -0.15) is 0 Å². The summed E-state index contributed by atoms with van der Waals surface area (Å²) in [7, 11) is 4.02. The van der Waals surface area contributed by atoms with Crippen molar-refractivity contribution in [3.63, 3.8) is 0 Å². The molecule has 1 aromatic heterocycles. The Hall–Kier alpha value is -2.23. The van der Waals surface area contributed by atoms with Crippen LogP contribution in [0.15, 0.2) is 58.9 Å². The smallest absolute Gasteiger partial charge is 0.348 e. The normalized spacial score (nSPS) is 10.7. The summed E-state index contributed by atoms with van der Waals surface area (Å²) in [6.45, 7) is 0. The number of aromatic amines is 1. The third-order valence-electron chi connectivity index (χ3n) is 2.33. The van der Waals surface area contributed by atoms with E-state index < -0.39 is 0 Å². The summed E-state index contributed by atoms with van der Waals surface area (Å²) in [6.07, 6.45) is 1.82. The molecule has 0 spiro atoms. The van der Waals surface area contributed by atoms with Crippen LogP contribution in [0.5, 0.6) is 0 Å². The van der Waals surface area contributed by atoms with Crippen molar-refractivity contribution in [2.75, 3.05) is 19.0 Å². The Kier molecular flexibility index (Phi) is 3.45. The summed E-state index contributed by atoms with van der Waals surface area (Å²) < 4.78 is 0. The molecule has 0 atom stereocenters. The lowest BCUT2D eigenvalue weighted by Gasteiger charge is -2.11. The molecule has 0 unspecified atom stereocenters. The standard InChI is InChI=1S/C13H14N4/c1-17(2)12-8-6-11(7-9-12)15-16-13-5-3-4-10-14-13/h3-10H,1-2H3/p+1. The molecular weight excluding hydrogens is 212 g/mol. The Labute approximate surface area is 101 Å². The third kappa shape index (κ3) is 3.11. The van der Waals surface area contributed by atoms with Crippen molar-refractivity contribution < 1.29 is 4.98 Å². The van der Waals surface area contributed by atoms with Crippen molar-refractivity contribution in [1.29, 1.82) is 0 Å². The molecule has 2 rings (SSSR count). The SMILES string of the molecule is CN(C)c1ccc(N=Nc2cccc[nH+]2)cc1. The van der Waals surface area contributed by atoms with Crippen molar-refractivity contribution in [1.82, 2.24) is 0 Å². The summed E-state index contributed by atoms with van der Waals surface area (Å²) in [5.41, 5.74) is 1.99. The molecule has 0 aliphatic carbocycles. The monoisotopic (exact) mass is 227 g/mol. The zero-order valence-corrected chi connectivity index (χ0v) is 9.96. The minimum atomic E-state index is 0.740. The maximum atomic E-state index is 4.15. The van der Waals surface area contributed by atoms with Gasteiger partial charge in [0.25, 0.3) is 0 Å². The van der Waals surface area contributed by atoms with E-state index in [4.69, 9.17) is 0 Å². The van der Waals surface area contributed by atoms with Gasteiger partial charge in [0.05, 0.1) is 11.3 Å². The second-order valence-electron chi connectivity index (χ2n) is 3.86. The molecule has 1 N–H and O–H groups in total. The quantitative estimate of drug-likeness (QED) is 0.743. The Morgan fingerprint density at radius 3 is 2.29 bits per heavy atom. The zero-order chi connectivity index (χ0) is 12.1. The Balaban J connectivity index is 2.12. The number of hydrogen-bond acceptors (Lipinski definition) is 3. The lowest BCUT2D eigenvalue weighted by atomic mass is 10.3. The van der Waals surface area contributed by atoms with Crippen LogP contribution in [0.2, 0.25) is 0 Å². The van der Waals surface area contributed by atoms with Crippen molar-refractivity contribution in [3.8, 4) is 0 Å². The highest BCUT2D eigenvalue weighted by atomic mass is 15.1. The van der Waals surface area contributed by atoms with Crippen molar-refractivity contribution in [2.24, 2.45) is 10.2 Å². The van der Waals surface area contributed by atoms with E-state index in [-0.39, 0.29) is 0 Å². The van der Waals surface area contributed by atoms with Crippen molar-refractivity contribution in [2.45, 2.75) is 0 Å². The summed E-state index contributed by atoms with van der Waals surface area (Å²) >= 11 is 0. The van der Waals surface area contributed by atoms with Crippen LogP contribution >= 0.6 is 0 Å². The summed E-state index contributed by atoms with van der Waals surface area (Å²) in [4.78, 5) is 5.05. The van der Waals surface area contributed by atoms with Crippen LogP contribution in [0.4, 0.5) is 17.2 Å². The van der Waals surface area contributed by atoms with E-state index in [0.29, 0.717) is 0 Å². The van der Waals surface area contributed by atoms with Gasteiger partial charge in [-0.15, -0.1) is 0 Å². The van der Waals surface area contributed by atoms with Gasteiger partial charge in [0.1, 0.15) is 5.69 Å². The minimum absolute atomic E-state index is 0.740. The molecule has 0 aliphatic heterocycles. The number of rotatable bonds is 3. The van der Waals surface area contributed by atoms with Crippen LogP contribution in [-0.4, -0.2) is 14.1 Å². The average molecular weight is 227 g/mol. The number of nitrogens with zero attached hydrogens (tertiary/aromatic N) is 3. The molecule has 0 radical (unpaired) electrons. The van der Waals surface area contributed by atoms with Gasteiger partial charge < -0.3 is 4.90 Å². The van der Waals surface area contributed by atoms with Crippen LogP contribution in [0.25, 0.3) is 0 Å². The molecule has 0 saturated heterocycles. The van der Waals surface area contributed by atoms with Gasteiger partial charge in [-0.1, -0.05) is 6.07 Å². The van der Waals surface area contributed by atoms with Crippen LogP contribution in [0.3, 0.4) is 0 Å². The lowest BCUT2D eigenvalue weighted by molar-refractivity contribution is -0.363. The Morgan fingerprint density at radius 2 is 1.71 bits per heavy atom. The highest BCUT2D eigenvalue weighted by Crippen LogP contribution is 2.19. The molecule has 86 valence electrons. The fourth-order valence-electron chi connectivity index (χ4n) is 1.38. The summed E-state index contributed by atoms with van der Waals surface area (Å²) in [5, 5.41) is 8.26. The number of H-pyrrole nitrogens is 1. The molecule has 0 bridgehead atoms. The van der Waals surface area contributed by atoms with Gasteiger partial charge in [0.15, 0.2) is 0 Å². The number of aromatic nitrogens is 1. The molecule has 0 aliphatic rings. The predicted molar refractivity (Wildman–Crippen MR) is 67.9 cm³/mol. The highest BCUT2D eigenvalue weighted by molar-refractivity contribution is 5.51. The second-order valence-corrected chi connectivity index (χ2v) is 3.86. The molecule has 4 nitrogen and oxygen atoms in total. The molecule has 0 saturated carbocycles. The van der Waals surface area contributed by atoms with Gasteiger partial charge in [0, 0.05) is 25.8 Å². The van der Waals surface area contributed by atoms with E-state index in [9.17, 15) is 0 Å². The van der Waals surface area contributed by atoms with E-state index in [1.165, 1.54) is 0 Å². The number of pyridine rings is 1. The second kappa shape index (κ2) is 5.21. The van der Waals surface area contributed by atoms with E-state index in [0.717, 1.165) is 17.2 Å². The molecule has 1 heterocycles. The number of nitrogens with one attached hydrogen (secondary N) is 1. The van der Waals surface area contributed by atoms with Crippen LogP contribution < -0.4 is 9.88 Å². The van der Waals surface area contributed by atoms with Gasteiger partial charge >= 0.3 is 5.82 Å². The van der Waals surface area contributed by atoms with Crippen LogP contribution in [-0.2, 0) is 0 Å². The Morgan fingerprint density at radius 1 is 0.941 bits per heavy atom. The topological polar surface area (TPSA) is 42.1 Å². The first-order valence-corrected chi connectivity index (χ1v) is 5.41. The molecule has 0 fully saturated rings. The first-order chi connectivity index (χ1) is 8.25. The van der Waals surface area contributed by atoms with Gasteiger partial charge in [0.2, 0.25) is 0 Å². The minimum Gasteiger partial charge on any atom is -0.378 e. The van der Waals surface area contributed by atoms with Crippen LogP contribution in [0.1, 0.15) is 0 Å². The zero-order valence-electron chi connectivity index (χ0n) is 9.96. The van der Waals surface area contributed by atoms with Crippen molar-refractivity contribution >= 4 is 17.2 Å². The molecule has 4 heteroatoms. The lowest BCUT2D eigenvalue weighted by Crippen LogP contribution is -2.07. The van der Waals surface area contributed by atoms with Gasteiger partial charge in [-0.05, 0) is 35.4 Å². The van der Waals surface area contributed by atoms with Gasteiger partial charge in [-0.3, -0.25) is 0 Å². The number of azo groups is 1. The summed E-state index contributed by atoms with van der Waals surface area (Å²) in [6, 6.07) is 13.6. The van der Waals surface area contributed by atoms with Crippen LogP contribution in [0, 0.1) is 0 Å². The summed E-state index contributed by atoms with van der Waals surface area (Å²) in [5.74, 6) is 0.740. The van der Waals surface area contributed by atoms with E-state index in [1.807, 2.05) is 67.7 Å². The van der Waals surface area contributed by atoms with E-state index in [2.05, 4.69) is 15.2 Å². The van der Waals surface area contributed by atoms with E-state index in [1.54, 1.807) is 0 Å². The fourth-order valence-corrected chi connectivity index (χ4v) is 1.38. The first-order valence-electron chi connectivity index (χ1n) is 5.41. The molecule has 17 heavy (non-hydrogen) atoms. The first kappa shape index (κ1) is 11.3. The number of anilines is 1. The maximum Gasteiger partial charge on any atom is 0.348 e. The molecule has 2 aromatic rings. The van der Waals surface area contributed by atoms with Crippen molar-refractivity contribution in [3.05, 3.63) is 48.7 Å². The molecular formula is C13H15N4+. The maximum absolute atomic E-state index is 4.15. The number of benzene rings is 1. The molecule has 1 aromatic carbocycles. The fraction of sp³-hybridized carbons (Fsp3) is 0.154. The van der Waals surface area contributed by atoms with E-state index >= 15 is 0 Å². The largest absolute Gasteiger partial charge is 0.378 e. The average Bonchev–Trinajstić information content (AvgIpc) is 2.38. The predicted octanol–water partition coefficient (Wildman–Crippen LogP) is 2.98. The molecule has 0 amide bonds. The Bertz CT molecular complexity index is 489.